The quantitative estimate of drug-likeness (QED) is 0.658. The van der Waals surface area contributed by atoms with E-state index in [-0.39, 0.29) is 7.43 Å². The fraction of sp³-hybridized carbons (Fsp3) is 1.00. The number of nitrogens with one attached hydrogen (secondary N) is 1. The molecule has 0 aliphatic carbocycles. The first-order chi connectivity index (χ1) is 6.34. The highest BCUT2D eigenvalue weighted by molar-refractivity contribution is 4.78. The second kappa shape index (κ2) is 8.21. The highest BCUT2D eigenvalue weighted by Crippen LogP contribution is 2.06. The molecule has 0 amide bonds. The van der Waals surface area contributed by atoms with Crippen molar-refractivity contribution >= 4 is 0 Å². The molecule has 0 unspecified atom stereocenters. The molecule has 0 aromatic heterocycles. The third kappa shape index (κ3) is 4.94. The molecule has 1 rings (SSSR count). The van der Waals surface area contributed by atoms with Gasteiger partial charge in [-0.1, -0.05) is 7.43 Å². The summed E-state index contributed by atoms with van der Waals surface area (Å²) >= 11 is 0. The maximum absolute atomic E-state index is 5.02. The van der Waals surface area contributed by atoms with Crippen molar-refractivity contribution in [2.75, 3.05) is 40.4 Å². The number of rotatable bonds is 6. The van der Waals surface area contributed by atoms with Gasteiger partial charge in [0.05, 0.1) is 0 Å². The Morgan fingerprint density at radius 2 is 2.21 bits per heavy atom. The summed E-state index contributed by atoms with van der Waals surface area (Å²) in [5, 5.41) is 3.39. The maximum Gasteiger partial charge on any atom is 0.0462 e. The first-order valence-corrected chi connectivity index (χ1v) is 5.24. The highest BCUT2D eigenvalue weighted by Gasteiger charge is 2.17. The van der Waals surface area contributed by atoms with E-state index in [4.69, 9.17) is 4.74 Å². The Bertz CT molecular complexity index is 124. The van der Waals surface area contributed by atoms with Crippen molar-refractivity contribution < 1.29 is 4.74 Å². The van der Waals surface area contributed by atoms with E-state index in [0.29, 0.717) is 0 Å². The number of nitrogens with zero attached hydrogens (tertiary/aromatic N) is 1. The molecule has 1 aliphatic rings. The van der Waals surface area contributed by atoms with Crippen LogP contribution in [-0.2, 0) is 4.74 Å². The van der Waals surface area contributed by atoms with Gasteiger partial charge in [-0.2, -0.15) is 0 Å². The van der Waals surface area contributed by atoms with E-state index >= 15 is 0 Å². The Balaban J connectivity index is 0.00000169. The van der Waals surface area contributed by atoms with Crippen molar-refractivity contribution in [2.45, 2.75) is 32.7 Å². The summed E-state index contributed by atoms with van der Waals surface area (Å²) in [5.41, 5.74) is 0. The van der Waals surface area contributed by atoms with Crippen LogP contribution in [0.2, 0.25) is 0 Å². The van der Waals surface area contributed by atoms with Gasteiger partial charge in [0.25, 0.3) is 0 Å². The van der Waals surface area contributed by atoms with Crippen LogP contribution in [0.25, 0.3) is 0 Å². The standard InChI is InChI=1S/C10H22N2O.CH4/c1-12(7-3-4-8-13-2)10-5-6-11-9-10;/h10-11H,3-9H2,1-2H3;1H4/t10-;/m0./s1. The Morgan fingerprint density at radius 3 is 2.79 bits per heavy atom. The van der Waals surface area contributed by atoms with Crippen molar-refractivity contribution in [1.82, 2.24) is 10.2 Å². The van der Waals surface area contributed by atoms with Crippen LogP contribution >= 0.6 is 0 Å². The average molecular weight is 202 g/mol. The molecular weight excluding hydrogens is 176 g/mol. The zero-order valence-electron chi connectivity index (χ0n) is 8.88. The SMILES string of the molecule is C.COCCCCN(C)[C@H]1CCNC1. The molecule has 0 aromatic rings. The molecule has 3 nitrogen and oxygen atoms in total. The number of hydrogen-bond acceptors (Lipinski definition) is 3. The Labute approximate surface area is 88.8 Å². The summed E-state index contributed by atoms with van der Waals surface area (Å²) in [6.07, 6.45) is 3.74. The summed E-state index contributed by atoms with van der Waals surface area (Å²) in [6.45, 7) is 4.46. The molecule has 14 heavy (non-hydrogen) atoms. The zero-order chi connectivity index (χ0) is 9.52. The van der Waals surface area contributed by atoms with E-state index in [1.165, 1.54) is 38.9 Å². The van der Waals surface area contributed by atoms with Crippen LogP contribution in [0, 0.1) is 0 Å². The van der Waals surface area contributed by atoms with Gasteiger partial charge in [-0.15, -0.1) is 0 Å². The molecule has 1 atom stereocenters. The average Bonchev–Trinajstić information content (AvgIpc) is 2.65. The van der Waals surface area contributed by atoms with E-state index < -0.39 is 0 Å². The summed E-state index contributed by atoms with van der Waals surface area (Å²) in [4.78, 5) is 2.47. The van der Waals surface area contributed by atoms with Crippen molar-refractivity contribution in [3.05, 3.63) is 0 Å². The van der Waals surface area contributed by atoms with Crippen molar-refractivity contribution in [3.8, 4) is 0 Å². The maximum atomic E-state index is 5.02. The van der Waals surface area contributed by atoms with Crippen LogP contribution < -0.4 is 5.32 Å². The Hall–Kier alpha value is -0.120. The molecule has 86 valence electrons. The molecule has 1 fully saturated rings. The predicted octanol–water partition coefficient (Wildman–Crippen LogP) is 1.34. The van der Waals surface area contributed by atoms with Crippen molar-refractivity contribution in [2.24, 2.45) is 0 Å². The summed E-state index contributed by atoms with van der Waals surface area (Å²) in [7, 11) is 4.00. The summed E-state index contributed by atoms with van der Waals surface area (Å²) in [5.74, 6) is 0. The molecule has 3 heteroatoms. The van der Waals surface area contributed by atoms with Crippen molar-refractivity contribution in [1.29, 1.82) is 0 Å². The minimum Gasteiger partial charge on any atom is -0.385 e. The van der Waals surface area contributed by atoms with Crippen LogP contribution in [0.15, 0.2) is 0 Å². The zero-order valence-corrected chi connectivity index (χ0v) is 8.88. The van der Waals surface area contributed by atoms with Crippen LogP contribution in [-0.4, -0.2) is 51.3 Å². The van der Waals surface area contributed by atoms with Crippen LogP contribution in [0.5, 0.6) is 0 Å². The monoisotopic (exact) mass is 202 g/mol. The minimum absolute atomic E-state index is 0. The van der Waals surface area contributed by atoms with Crippen LogP contribution in [0.1, 0.15) is 26.7 Å². The number of likely N-dealkylation sites (N-methyl/N-ethyl adjacent to an activating group) is 1. The Morgan fingerprint density at radius 1 is 1.43 bits per heavy atom. The minimum atomic E-state index is 0. The Kier molecular flexibility index (Phi) is 8.14. The smallest absolute Gasteiger partial charge is 0.0462 e. The van der Waals surface area contributed by atoms with E-state index in [1.807, 2.05) is 0 Å². The molecular formula is C11H26N2O. The molecule has 0 saturated carbocycles. The number of unbranched alkanes of at least 4 members (excludes halogenated alkanes) is 1. The van der Waals surface area contributed by atoms with E-state index in [0.717, 1.165) is 12.6 Å². The number of ether oxygens (including phenoxy) is 1. The summed E-state index contributed by atoms with van der Waals surface area (Å²) in [6, 6.07) is 0.766. The lowest BCUT2D eigenvalue weighted by Crippen LogP contribution is -2.34. The lowest BCUT2D eigenvalue weighted by Gasteiger charge is -2.23. The largest absolute Gasteiger partial charge is 0.385 e. The van der Waals surface area contributed by atoms with E-state index in [1.54, 1.807) is 7.11 Å². The first kappa shape index (κ1) is 13.9. The fourth-order valence-corrected chi connectivity index (χ4v) is 1.81. The molecule has 1 heterocycles. The van der Waals surface area contributed by atoms with Gasteiger partial charge >= 0.3 is 0 Å². The van der Waals surface area contributed by atoms with Gasteiger partial charge in [0, 0.05) is 26.3 Å². The molecule has 1 aliphatic heterocycles. The predicted molar refractivity (Wildman–Crippen MR) is 61.7 cm³/mol. The molecule has 0 bridgehead atoms. The molecule has 0 aromatic carbocycles. The topological polar surface area (TPSA) is 24.5 Å². The van der Waals surface area contributed by atoms with Gasteiger partial charge in [-0.05, 0) is 39.4 Å². The van der Waals surface area contributed by atoms with Gasteiger partial charge in [0.15, 0.2) is 0 Å². The molecule has 1 saturated heterocycles. The van der Waals surface area contributed by atoms with Gasteiger partial charge in [0.1, 0.15) is 0 Å². The van der Waals surface area contributed by atoms with Gasteiger partial charge in [-0.3, -0.25) is 0 Å². The van der Waals surface area contributed by atoms with Gasteiger partial charge in [0.2, 0.25) is 0 Å². The lowest BCUT2D eigenvalue weighted by atomic mass is 10.2. The number of hydrogen-bond donors (Lipinski definition) is 1. The number of methoxy groups -OCH3 is 1. The second-order valence-corrected chi connectivity index (χ2v) is 3.83. The molecule has 1 N–H and O–H groups in total. The highest BCUT2D eigenvalue weighted by atomic mass is 16.5. The second-order valence-electron chi connectivity index (χ2n) is 3.83. The van der Waals surface area contributed by atoms with Crippen LogP contribution in [0.4, 0.5) is 0 Å². The van der Waals surface area contributed by atoms with E-state index in [2.05, 4.69) is 17.3 Å². The lowest BCUT2D eigenvalue weighted by molar-refractivity contribution is 0.182. The van der Waals surface area contributed by atoms with Gasteiger partial charge < -0.3 is 15.0 Å². The normalized spacial score (nSPS) is 21.2. The molecule has 0 spiro atoms. The van der Waals surface area contributed by atoms with E-state index in [9.17, 15) is 0 Å². The third-order valence-electron chi connectivity index (χ3n) is 2.77. The summed E-state index contributed by atoms with van der Waals surface area (Å²) < 4.78 is 5.02. The van der Waals surface area contributed by atoms with Crippen LogP contribution in [0.3, 0.4) is 0 Å². The first-order valence-electron chi connectivity index (χ1n) is 5.24. The van der Waals surface area contributed by atoms with Gasteiger partial charge in [-0.25, -0.2) is 0 Å². The molecule has 0 radical (unpaired) electrons. The van der Waals surface area contributed by atoms with Crippen molar-refractivity contribution in [3.63, 3.8) is 0 Å². The fourth-order valence-electron chi connectivity index (χ4n) is 1.81. The third-order valence-corrected chi connectivity index (χ3v) is 2.77.